The molecule has 1 aromatic heterocycles. The van der Waals surface area contributed by atoms with Gasteiger partial charge in [-0.25, -0.2) is 13.4 Å². The van der Waals surface area contributed by atoms with Crippen molar-refractivity contribution >= 4 is 10.0 Å². The van der Waals surface area contributed by atoms with Crippen LogP contribution >= 0.6 is 0 Å². The minimum atomic E-state index is -3.62. The summed E-state index contributed by atoms with van der Waals surface area (Å²) in [5.41, 5.74) is -0.0816. The number of benzene rings is 1. The first kappa shape index (κ1) is 16.8. The zero-order chi connectivity index (χ0) is 17.8. The Morgan fingerprint density at radius 2 is 1.76 bits per heavy atom. The van der Waals surface area contributed by atoms with Crippen molar-refractivity contribution in [1.29, 1.82) is 0 Å². The lowest BCUT2D eigenvalue weighted by Gasteiger charge is -2.43. The second-order valence-corrected chi connectivity index (χ2v) is 9.02. The second kappa shape index (κ2) is 5.65. The van der Waals surface area contributed by atoms with Gasteiger partial charge < -0.3 is 9.67 Å². The van der Waals surface area contributed by atoms with E-state index in [9.17, 15) is 13.5 Å². The minimum Gasteiger partial charge on any atom is -0.385 e. The van der Waals surface area contributed by atoms with E-state index >= 15 is 0 Å². The molecule has 134 valence electrons. The maximum absolute atomic E-state index is 13.2. The maximum atomic E-state index is 13.2. The predicted molar refractivity (Wildman–Crippen MR) is 93.4 cm³/mol. The van der Waals surface area contributed by atoms with Crippen LogP contribution in [0.1, 0.15) is 37.1 Å². The van der Waals surface area contributed by atoms with Crippen LogP contribution in [-0.4, -0.2) is 39.5 Å². The minimum absolute atomic E-state index is 0.177. The molecule has 0 amide bonds. The fourth-order valence-electron chi connectivity index (χ4n) is 4.39. The Kier molecular flexibility index (Phi) is 3.79. The Labute approximate surface area is 148 Å². The van der Waals surface area contributed by atoms with E-state index in [-0.39, 0.29) is 17.1 Å². The second-order valence-electron chi connectivity index (χ2n) is 7.23. The van der Waals surface area contributed by atoms with Crippen LogP contribution in [-0.2, 0) is 22.7 Å². The summed E-state index contributed by atoms with van der Waals surface area (Å²) >= 11 is 0. The summed E-state index contributed by atoms with van der Waals surface area (Å²) in [5.74, 6) is 0.670. The number of hydrogen-bond donors (Lipinski definition) is 1. The molecule has 25 heavy (non-hydrogen) atoms. The molecule has 2 atom stereocenters. The van der Waals surface area contributed by atoms with Crippen molar-refractivity contribution in [1.82, 2.24) is 13.9 Å². The number of hydrogen-bond acceptors (Lipinski definition) is 4. The van der Waals surface area contributed by atoms with Crippen molar-refractivity contribution in [2.75, 3.05) is 0 Å². The molecule has 6 nitrogen and oxygen atoms in total. The molecule has 2 aromatic rings. The van der Waals surface area contributed by atoms with Gasteiger partial charge in [0.25, 0.3) is 10.0 Å². The summed E-state index contributed by atoms with van der Waals surface area (Å²) < 4.78 is 29.7. The number of rotatable bonds is 3. The van der Waals surface area contributed by atoms with Crippen LogP contribution in [0.3, 0.4) is 0 Å². The van der Waals surface area contributed by atoms with Crippen molar-refractivity contribution in [3.05, 3.63) is 47.9 Å². The van der Waals surface area contributed by atoms with Crippen molar-refractivity contribution in [3.63, 3.8) is 0 Å². The number of aryl methyl sites for hydroxylation is 1. The topological polar surface area (TPSA) is 75.4 Å². The molecule has 0 saturated carbocycles. The van der Waals surface area contributed by atoms with E-state index in [2.05, 4.69) is 4.98 Å². The van der Waals surface area contributed by atoms with Crippen LogP contribution in [0.4, 0.5) is 0 Å². The zero-order valence-corrected chi connectivity index (χ0v) is 15.3. The highest BCUT2D eigenvalue weighted by molar-refractivity contribution is 7.89. The molecule has 1 aromatic carbocycles. The van der Waals surface area contributed by atoms with E-state index < -0.39 is 15.6 Å². The smallest absolute Gasteiger partial charge is 0.260 e. The van der Waals surface area contributed by atoms with E-state index in [1.807, 2.05) is 30.3 Å². The van der Waals surface area contributed by atoms with E-state index in [4.69, 9.17) is 0 Å². The first-order valence-corrected chi connectivity index (χ1v) is 10.1. The van der Waals surface area contributed by atoms with Gasteiger partial charge in [0.15, 0.2) is 5.03 Å². The third kappa shape index (κ3) is 2.53. The number of imidazole rings is 1. The van der Waals surface area contributed by atoms with E-state index in [0.717, 1.165) is 18.4 Å². The van der Waals surface area contributed by atoms with Gasteiger partial charge in [-0.05, 0) is 38.2 Å². The molecule has 2 aliphatic rings. The molecular weight excluding hydrogens is 338 g/mol. The Bertz CT molecular complexity index is 878. The number of fused-ring (bicyclic) bond motifs is 2. The fourth-order valence-corrected chi connectivity index (χ4v) is 6.41. The standard InChI is InChI=1S/C18H23N3O3S/c1-13-19-12-17(20(13)2)25(23,24)21-15-8-9-16(21)11-18(22,10-15)14-6-4-3-5-7-14/h3-7,12,15-16,22H,8-11H2,1-2H3. The molecular formula is C18H23N3O3S. The summed E-state index contributed by atoms with van der Waals surface area (Å²) in [7, 11) is -1.89. The van der Waals surface area contributed by atoms with E-state index in [1.165, 1.54) is 6.20 Å². The van der Waals surface area contributed by atoms with Crippen molar-refractivity contribution < 1.29 is 13.5 Å². The molecule has 0 radical (unpaired) electrons. The summed E-state index contributed by atoms with van der Waals surface area (Å²) in [4.78, 5) is 4.13. The highest BCUT2D eigenvalue weighted by Gasteiger charge is 2.53. The highest BCUT2D eigenvalue weighted by atomic mass is 32.2. The average Bonchev–Trinajstić information content (AvgIpc) is 3.07. The van der Waals surface area contributed by atoms with Gasteiger partial charge in [0.05, 0.1) is 11.8 Å². The lowest BCUT2D eigenvalue weighted by molar-refractivity contribution is -0.0341. The van der Waals surface area contributed by atoms with Crippen LogP contribution in [0.2, 0.25) is 0 Å². The molecule has 0 aliphatic carbocycles. The molecule has 2 fully saturated rings. The van der Waals surface area contributed by atoms with Crippen LogP contribution in [0.5, 0.6) is 0 Å². The molecule has 3 heterocycles. The van der Waals surface area contributed by atoms with Gasteiger partial charge in [-0.15, -0.1) is 0 Å². The molecule has 2 saturated heterocycles. The van der Waals surface area contributed by atoms with Gasteiger partial charge in [-0.2, -0.15) is 4.31 Å². The fraction of sp³-hybridized carbons (Fsp3) is 0.500. The van der Waals surface area contributed by atoms with Crippen LogP contribution in [0.15, 0.2) is 41.6 Å². The largest absolute Gasteiger partial charge is 0.385 e. The summed E-state index contributed by atoms with van der Waals surface area (Å²) in [6.07, 6.45) is 3.88. The Morgan fingerprint density at radius 3 is 2.28 bits per heavy atom. The third-order valence-electron chi connectivity index (χ3n) is 5.73. The molecule has 7 heteroatoms. The number of aliphatic hydroxyl groups is 1. The Morgan fingerprint density at radius 1 is 1.16 bits per heavy atom. The summed E-state index contributed by atoms with van der Waals surface area (Å²) in [5, 5.41) is 11.4. The summed E-state index contributed by atoms with van der Waals surface area (Å²) in [6.45, 7) is 1.79. The first-order chi connectivity index (χ1) is 11.8. The normalized spacial score (nSPS) is 29.9. The lowest BCUT2D eigenvalue weighted by atomic mass is 9.81. The van der Waals surface area contributed by atoms with Crippen molar-refractivity contribution in [2.24, 2.45) is 7.05 Å². The molecule has 2 aliphatic heterocycles. The van der Waals surface area contributed by atoms with Gasteiger partial charge in [0.2, 0.25) is 0 Å². The number of nitrogens with zero attached hydrogens (tertiary/aromatic N) is 3. The molecule has 1 N–H and O–H groups in total. The average molecular weight is 361 g/mol. The van der Waals surface area contributed by atoms with Crippen molar-refractivity contribution in [3.8, 4) is 0 Å². The maximum Gasteiger partial charge on any atom is 0.260 e. The van der Waals surface area contributed by atoms with Gasteiger partial charge in [0, 0.05) is 19.1 Å². The lowest BCUT2D eigenvalue weighted by Crippen LogP contribution is -2.52. The van der Waals surface area contributed by atoms with E-state index in [1.54, 1.807) is 22.8 Å². The number of sulfonamides is 1. The molecule has 2 unspecified atom stereocenters. The summed E-state index contributed by atoms with van der Waals surface area (Å²) in [6, 6.07) is 9.25. The van der Waals surface area contributed by atoms with Crippen LogP contribution in [0.25, 0.3) is 0 Å². The highest BCUT2D eigenvalue weighted by Crippen LogP contribution is 2.47. The van der Waals surface area contributed by atoms with Crippen LogP contribution in [0, 0.1) is 6.92 Å². The zero-order valence-electron chi connectivity index (χ0n) is 14.5. The van der Waals surface area contributed by atoms with Gasteiger partial charge in [-0.3, -0.25) is 0 Å². The van der Waals surface area contributed by atoms with Gasteiger partial charge in [-0.1, -0.05) is 30.3 Å². The SMILES string of the molecule is Cc1ncc(S(=O)(=O)N2C3CCC2CC(O)(c2ccccc2)C3)n1C. The first-order valence-electron chi connectivity index (χ1n) is 8.63. The van der Waals surface area contributed by atoms with Crippen LogP contribution < -0.4 is 0 Å². The quantitative estimate of drug-likeness (QED) is 0.906. The monoisotopic (exact) mass is 361 g/mol. The van der Waals surface area contributed by atoms with E-state index in [0.29, 0.717) is 18.7 Å². The predicted octanol–water partition coefficient (Wildman–Crippen LogP) is 1.93. The van der Waals surface area contributed by atoms with Gasteiger partial charge in [0.1, 0.15) is 5.82 Å². The van der Waals surface area contributed by atoms with Crippen molar-refractivity contribution in [2.45, 2.75) is 55.3 Å². The molecule has 4 rings (SSSR count). The molecule has 0 spiro atoms. The molecule has 2 bridgehead atoms. The Balaban J connectivity index is 1.68. The third-order valence-corrected chi connectivity index (χ3v) is 7.79. The number of piperidine rings is 1. The van der Waals surface area contributed by atoms with Gasteiger partial charge >= 0.3 is 0 Å². The number of aromatic nitrogens is 2. The Hall–Kier alpha value is -1.70.